The van der Waals surface area contributed by atoms with Crippen LogP contribution < -0.4 is 0 Å². The van der Waals surface area contributed by atoms with Crippen molar-refractivity contribution in [2.75, 3.05) is 13.7 Å². The Morgan fingerprint density at radius 2 is 1.89 bits per heavy atom. The van der Waals surface area contributed by atoms with Gasteiger partial charge in [-0.15, -0.1) is 0 Å². The average Bonchev–Trinajstić information content (AvgIpc) is 2.86. The van der Waals surface area contributed by atoms with Crippen molar-refractivity contribution in [3.8, 4) is 0 Å². The fourth-order valence-electron chi connectivity index (χ4n) is 2.81. The van der Waals surface area contributed by atoms with E-state index < -0.39 is 0 Å². The van der Waals surface area contributed by atoms with Gasteiger partial charge in [-0.05, 0) is 6.42 Å². The molecule has 114 valence electrons. The molecular weight excluding hydrogens is 244 g/mol. The predicted octanol–water partition coefficient (Wildman–Crippen LogP) is 2.47. The smallest absolute Gasteiger partial charge is 0.158 e. The fourth-order valence-corrected chi connectivity index (χ4v) is 2.81. The molecule has 1 fully saturated rings. The lowest BCUT2D eigenvalue weighted by Crippen LogP contribution is -2.30. The minimum atomic E-state index is -0.386. The molecule has 0 aliphatic carbocycles. The maximum Gasteiger partial charge on any atom is 0.158 e. The van der Waals surface area contributed by atoms with E-state index in [1.165, 1.54) is 32.1 Å². The van der Waals surface area contributed by atoms with E-state index in [0.717, 1.165) is 12.8 Å². The van der Waals surface area contributed by atoms with Crippen molar-refractivity contribution in [2.24, 2.45) is 5.92 Å². The van der Waals surface area contributed by atoms with Crippen LogP contribution in [0.25, 0.3) is 0 Å². The standard InChI is InChI=1S/C15H30O4/c1-3-4-5-6-7-8-9-13(17)12-10-15(18-2)19-14(12)11-16/h12-17H,3-11H2,1-2H3/t12-,13+,14+,15-/m0/s1. The normalized spacial score (nSPS) is 28.7. The molecule has 0 radical (unpaired) electrons. The van der Waals surface area contributed by atoms with Gasteiger partial charge in [0.2, 0.25) is 0 Å². The Bertz CT molecular complexity index is 222. The van der Waals surface area contributed by atoms with Gasteiger partial charge in [-0.3, -0.25) is 0 Å². The predicted molar refractivity (Wildman–Crippen MR) is 74.9 cm³/mol. The van der Waals surface area contributed by atoms with Gasteiger partial charge in [0.05, 0.1) is 18.8 Å². The number of ether oxygens (including phenoxy) is 2. The summed E-state index contributed by atoms with van der Waals surface area (Å²) in [5.74, 6) is 0.00518. The van der Waals surface area contributed by atoms with Crippen molar-refractivity contribution in [1.29, 1.82) is 0 Å². The Hall–Kier alpha value is -0.160. The molecule has 4 heteroatoms. The highest BCUT2D eigenvalue weighted by atomic mass is 16.7. The first-order chi connectivity index (χ1) is 9.22. The summed E-state index contributed by atoms with van der Waals surface area (Å²) in [6.07, 6.45) is 7.89. The number of aliphatic hydroxyl groups excluding tert-OH is 2. The average molecular weight is 274 g/mol. The minimum Gasteiger partial charge on any atom is -0.394 e. The molecule has 2 N–H and O–H groups in total. The van der Waals surface area contributed by atoms with Crippen molar-refractivity contribution in [2.45, 2.75) is 76.8 Å². The zero-order valence-corrected chi connectivity index (χ0v) is 12.4. The lowest BCUT2D eigenvalue weighted by atomic mass is 9.91. The fraction of sp³-hybridized carbons (Fsp3) is 1.00. The van der Waals surface area contributed by atoms with Crippen LogP contribution >= 0.6 is 0 Å². The lowest BCUT2D eigenvalue weighted by Gasteiger charge is -2.21. The van der Waals surface area contributed by atoms with Crippen LogP contribution in [0.1, 0.15) is 58.3 Å². The molecule has 0 unspecified atom stereocenters. The van der Waals surface area contributed by atoms with Gasteiger partial charge in [-0.25, -0.2) is 0 Å². The van der Waals surface area contributed by atoms with E-state index in [1.807, 2.05) is 0 Å². The molecule has 1 aliphatic heterocycles. The van der Waals surface area contributed by atoms with Gasteiger partial charge in [0.15, 0.2) is 6.29 Å². The molecule has 1 rings (SSSR count). The zero-order chi connectivity index (χ0) is 14.1. The highest BCUT2D eigenvalue weighted by Crippen LogP contribution is 2.31. The maximum atomic E-state index is 10.2. The summed E-state index contributed by atoms with van der Waals surface area (Å²) in [5, 5.41) is 19.5. The van der Waals surface area contributed by atoms with Crippen LogP contribution in [0.15, 0.2) is 0 Å². The second-order valence-corrected chi connectivity index (χ2v) is 5.55. The zero-order valence-electron chi connectivity index (χ0n) is 12.4. The van der Waals surface area contributed by atoms with Crippen LogP contribution in [0, 0.1) is 5.92 Å². The molecule has 0 saturated carbocycles. The van der Waals surface area contributed by atoms with Crippen LogP contribution in [0.2, 0.25) is 0 Å². The van der Waals surface area contributed by atoms with E-state index in [0.29, 0.717) is 6.42 Å². The quantitative estimate of drug-likeness (QED) is 0.601. The number of rotatable bonds is 10. The maximum absolute atomic E-state index is 10.2. The summed E-state index contributed by atoms with van der Waals surface area (Å²) in [6.45, 7) is 2.17. The highest BCUT2D eigenvalue weighted by Gasteiger charge is 2.38. The molecule has 0 bridgehead atoms. The molecule has 4 nitrogen and oxygen atoms in total. The molecule has 0 aromatic carbocycles. The molecule has 0 aromatic heterocycles. The van der Waals surface area contributed by atoms with Crippen LogP contribution in [-0.4, -0.2) is 42.4 Å². The molecular formula is C15H30O4. The number of methoxy groups -OCH3 is 1. The van der Waals surface area contributed by atoms with Crippen LogP contribution in [0.4, 0.5) is 0 Å². The first-order valence-electron chi connectivity index (χ1n) is 7.70. The Kier molecular flexibility index (Phi) is 8.62. The van der Waals surface area contributed by atoms with Crippen LogP contribution in [-0.2, 0) is 9.47 Å². The SMILES string of the molecule is CCCCCCCC[C@@H](O)[C@@H]1C[C@@H](OC)O[C@@H]1CO. The first kappa shape index (κ1) is 16.9. The molecule has 0 amide bonds. The van der Waals surface area contributed by atoms with Gasteiger partial charge < -0.3 is 19.7 Å². The Morgan fingerprint density at radius 3 is 2.53 bits per heavy atom. The molecule has 4 atom stereocenters. The van der Waals surface area contributed by atoms with Crippen molar-refractivity contribution in [3.63, 3.8) is 0 Å². The third-order valence-electron chi connectivity index (χ3n) is 4.06. The first-order valence-corrected chi connectivity index (χ1v) is 7.70. The number of unbranched alkanes of at least 4 members (excludes halogenated alkanes) is 5. The topological polar surface area (TPSA) is 58.9 Å². The number of hydrogen-bond donors (Lipinski definition) is 2. The van der Waals surface area contributed by atoms with Gasteiger partial charge in [0, 0.05) is 19.4 Å². The van der Waals surface area contributed by atoms with Gasteiger partial charge >= 0.3 is 0 Å². The van der Waals surface area contributed by atoms with Crippen molar-refractivity contribution < 1.29 is 19.7 Å². The summed E-state index contributed by atoms with van der Waals surface area (Å²) >= 11 is 0. The molecule has 1 saturated heterocycles. The molecule has 0 aromatic rings. The number of aliphatic hydroxyl groups is 2. The largest absolute Gasteiger partial charge is 0.394 e. The Balaban J connectivity index is 2.19. The van der Waals surface area contributed by atoms with E-state index in [4.69, 9.17) is 9.47 Å². The van der Waals surface area contributed by atoms with E-state index in [-0.39, 0.29) is 31.0 Å². The lowest BCUT2D eigenvalue weighted by molar-refractivity contribution is -0.126. The second kappa shape index (κ2) is 9.70. The summed E-state index contributed by atoms with van der Waals surface area (Å²) in [4.78, 5) is 0. The molecule has 0 spiro atoms. The summed E-state index contributed by atoms with van der Waals surface area (Å²) in [7, 11) is 1.60. The van der Waals surface area contributed by atoms with E-state index >= 15 is 0 Å². The molecule has 1 aliphatic rings. The Morgan fingerprint density at radius 1 is 1.21 bits per heavy atom. The van der Waals surface area contributed by atoms with E-state index in [1.54, 1.807) is 7.11 Å². The van der Waals surface area contributed by atoms with E-state index in [2.05, 4.69) is 6.92 Å². The van der Waals surface area contributed by atoms with E-state index in [9.17, 15) is 10.2 Å². The van der Waals surface area contributed by atoms with Crippen LogP contribution in [0.3, 0.4) is 0 Å². The van der Waals surface area contributed by atoms with Gasteiger partial charge in [0.25, 0.3) is 0 Å². The van der Waals surface area contributed by atoms with Crippen molar-refractivity contribution in [3.05, 3.63) is 0 Å². The highest BCUT2D eigenvalue weighted by molar-refractivity contribution is 4.83. The Labute approximate surface area is 117 Å². The third-order valence-corrected chi connectivity index (χ3v) is 4.06. The molecule has 19 heavy (non-hydrogen) atoms. The van der Waals surface area contributed by atoms with Gasteiger partial charge in [-0.2, -0.15) is 0 Å². The van der Waals surface area contributed by atoms with Gasteiger partial charge in [0.1, 0.15) is 0 Å². The van der Waals surface area contributed by atoms with Crippen LogP contribution in [0.5, 0.6) is 0 Å². The third kappa shape index (κ3) is 5.78. The second-order valence-electron chi connectivity index (χ2n) is 5.55. The minimum absolute atomic E-state index is 0.00518. The summed E-state index contributed by atoms with van der Waals surface area (Å²) in [6, 6.07) is 0. The van der Waals surface area contributed by atoms with Crippen molar-refractivity contribution >= 4 is 0 Å². The number of hydrogen-bond acceptors (Lipinski definition) is 4. The summed E-state index contributed by atoms with van der Waals surface area (Å²) < 4.78 is 10.7. The summed E-state index contributed by atoms with van der Waals surface area (Å²) in [5.41, 5.74) is 0. The van der Waals surface area contributed by atoms with Gasteiger partial charge in [-0.1, -0.05) is 45.4 Å². The molecule has 1 heterocycles. The van der Waals surface area contributed by atoms with Crippen molar-refractivity contribution in [1.82, 2.24) is 0 Å². The monoisotopic (exact) mass is 274 g/mol.